The minimum absolute atomic E-state index is 0.266. The molecule has 0 aliphatic carbocycles. The van der Waals surface area contributed by atoms with E-state index < -0.39 is 0 Å². The first-order valence-electron chi connectivity index (χ1n) is 6.16. The van der Waals surface area contributed by atoms with Gasteiger partial charge in [0.1, 0.15) is 12.0 Å². The Labute approximate surface area is 121 Å². The van der Waals surface area contributed by atoms with Gasteiger partial charge in [0.25, 0.3) is 0 Å². The molecule has 0 saturated heterocycles. The third kappa shape index (κ3) is 4.08. The first-order valence-corrected chi connectivity index (χ1v) is 6.95. The van der Waals surface area contributed by atoms with E-state index in [-0.39, 0.29) is 6.08 Å². The lowest BCUT2D eigenvalue weighted by molar-refractivity contribution is 0.329. The Kier molecular flexibility index (Phi) is 4.61. The first-order chi connectivity index (χ1) is 9.04. The number of rotatable bonds is 5. The molecule has 5 heteroatoms. The maximum absolute atomic E-state index is 5.64. The zero-order valence-corrected chi connectivity index (χ0v) is 12.8. The average molecular weight is 325 g/mol. The van der Waals surface area contributed by atoms with Crippen LogP contribution in [0.5, 0.6) is 11.8 Å². The molecule has 0 atom stereocenters. The van der Waals surface area contributed by atoms with Gasteiger partial charge in [-0.1, -0.05) is 35.8 Å². The number of aryl methyl sites for hydroxylation is 1. The molecule has 1 aromatic heterocycles. The molecule has 4 nitrogen and oxygen atoms in total. The van der Waals surface area contributed by atoms with Gasteiger partial charge in [-0.05, 0) is 24.6 Å². The van der Waals surface area contributed by atoms with Gasteiger partial charge in [0.05, 0.1) is 5.69 Å². The molecular formula is C14H17BrN2O2. The normalized spacial score (nSPS) is 11.0. The Balaban J connectivity index is 2.05. The van der Waals surface area contributed by atoms with Crippen LogP contribution in [0.1, 0.15) is 25.1 Å². The lowest BCUT2D eigenvalue weighted by atomic mass is 10.2. The SMILES string of the molecule is Cc1ccc(Br)cc1Oc1nc(CNC(C)C)co1. The summed E-state index contributed by atoms with van der Waals surface area (Å²) in [4.78, 5) is 4.28. The molecule has 1 aromatic carbocycles. The van der Waals surface area contributed by atoms with Gasteiger partial charge in [0.15, 0.2) is 0 Å². The van der Waals surface area contributed by atoms with Gasteiger partial charge in [0.2, 0.25) is 0 Å². The monoisotopic (exact) mass is 324 g/mol. The van der Waals surface area contributed by atoms with Crippen LogP contribution in [0.4, 0.5) is 0 Å². The maximum Gasteiger partial charge on any atom is 0.399 e. The van der Waals surface area contributed by atoms with Crippen molar-refractivity contribution in [2.75, 3.05) is 0 Å². The van der Waals surface area contributed by atoms with Crippen molar-refractivity contribution in [2.24, 2.45) is 0 Å². The number of oxazole rings is 1. The number of hydrogen-bond donors (Lipinski definition) is 1. The van der Waals surface area contributed by atoms with Gasteiger partial charge in [-0.2, -0.15) is 4.98 Å². The number of halogens is 1. The molecule has 2 aromatic rings. The highest BCUT2D eigenvalue weighted by Crippen LogP contribution is 2.27. The molecule has 0 radical (unpaired) electrons. The van der Waals surface area contributed by atoms with Gasteiger partial charge in [-0.3, -0.25) is 0 Å². The van der Waals surface area contributed by atoms with E-state index in [1.165, 1.54) is 0 Å². The quantitative estimate of drug-likeness (QED) is 0.901. The largest absolute Gasteiger partial charge is 0.417 e. The van der Waals surface area contributed by atoms with Crippen LogP contribution in [0.25, 0.3) is 0 Å². The number of ether oxygens (including phenoxy) is 1. The number of nitrogens with one attached hydrogen (secondary N) is 1. The Bertz CT molecular complexity index is 552. The fourth-order valence-electron chi connectivity index (χ4n) is 1.50. The molecular weight excluding hydrogens is 308 g/mol. The van der Waals surface area contributed by atoms with Crippen LogP contribution in [-0.2, 0) is 6.54 Å². The van der Waals surface area contributed by atoms with Crippen molar-refractivity contribution in [1.29, 1.82) is 0 Å². The summed E-state index contributed by atoms with van der Waals surface area (Å²) in [6, 6.07) is 6.25. The molecule has 0 spiro atoms. The number of nitrogens with zero attached hydrogens (tertiary/aromatic N) is 1. The molecule has 1 N–H and O–H groups in total. The van der Waals surface area contributed by atoms with E-state index in [1.54, 1.807) is 6.26 Å². The number of aromatic nitrogens is 1. The minimum atomic E-state index is 0.266. The van der Waals surface area contributed by atoms with E-state index in [1.807, 2.05) is 25.1 Å². The molecule has 0 unspecified atom stereocenters. The highest BCUT2D eigenvalue weighted by molar-refractivity contribution is 9.10. The summed E-state index contributed by atoms with van der Waals surface area (Å²) in [6.07, 6.45) is 1.87. The second kappa shape index (κ2) is 6.21. The molecule has 0 saturated carbocycles. The van der Waals surface area contributed by atoms with Crippen molar-refractivity contribution in [1.82, 2.24) is 10.3 Å². The van der Waals surface area contributed by atoms with E-state index in [4.69, 9.17) is 9.15 Å². The van der Waals surface area contributed by atoms with Crippen LogP contribution < -0.4 is 10.1 Å². The van der Waals surface area contributed by atoms with E-state index in [0.717, 1.165) is 21.5 Å². The zero-order chi connectivity index (χ0) is 13.8. The van der Waals surface area contributed by atoms with E-state index in [0.29, 0.717) is 12.6 Å². The minimum Gasteiger partial charge on any atom is -0.417 e. The maximum atomic E-state index is 5.64. The molecule has 2 rings (SSSR count). The second-order valence-electron chi connectivity index (χ2n) is 4.65. The average Bonchev–Trinajstić information content (AvgIpc) is 2.79. The summed E-state index contributed by atoms with van der Waals surface area (Å²) < 4.78 is 11.9. The van der Waals surface area contributed by atoms with Crippen LogP contribution in [-0.4, -0.2) is 11.0 Å². The van der Waals surface area contributed by atoms with Gasteiger partial charge >= 0.3 is 6.08 Å². The third-order valence-electron chi connectivity index (χ3n) is 2.57. The molecule has 0 aliphatic heterocycles. The Morgan fingerprint density at radius 3 is 2.95 bits per heavy atom. The zero-order valence-electron chi connectivity index (χ0n) is 11.2. The highest BCUT2D eigenvalue weighted by atomic mass is 79.9. The van der Waals surface area contributed by atoms with Crippen LogP contribution in [0.2, 0.25) is 0 Å². The predicted octanol–water partition coefficient (Wildman–Crippen LogP) is 4.04. The topological polar surface area (TPSA) is 47.3 Å². The molecule has 0 amide bonds. The van der Waals surface area contributed by atoms with Crippen molar-refractivity contribution < 1.29 is 9.15 Å². The molecule has 0 bridgehead atoms. The van der Waals surface area contributed by atoms with Crippen molar-refractivity contribution in [2.45, 2.75) is 33.4 Å². The predicted molar refractivity (Wildman–Crippen MR) is 77.4 cm³/mol. The molecule has 0 aliphatic rings. The van der Waals surface area contributed by atoms with Crippen molar-refractivity contribution in [3.8, 4) is 11.8 Å². The van der Waals surface area contributed by atoms with Crippen molar-refractivity contribution in [3.05, 3.63) is 40.2 Å². The summed E-state index contributed by atoms with van der Waals surface area (Å²) in [5, 5.41) is 3.27. The summed E-state index contributed by atoms with van der Waals surface area (Å²) >= 11 is 3.41. The third-order valence-corrected chi connectivity index (χ3v) is 3.06. The van der Waals surface area contributed by atoms with Gasteiger partial charge in [-0.25, -0.2) is 0 Å². The van der Waals surface area contributed by atoms with Crippen LogP contribution in [0.3, 0.4) is 0 Å². The molecule has 0 fully saturated rings. The summed E-state index contributed by atoms with van der Waals surface area (Å²) in [5.41, 5.74) is 1.86. The van der Waals surface area contributed by atoms with E-state index in [9.17, 15) is 0 Å². The number of benzene rings is 1. The molecule has 1 heterocycles. The van der Waals surface area contributed by atoms with Gasteiger partial charge in [0, 0.05) is 17.1 Å². The summed E-state index contributed by atoms with van der Waals surface area (Å²) in [5.74, 6) is 0.736. The fraction of sp³-hybridized carbons (Fsp3) is 0.357. The first kappa shape index (κ1) is 14.1. The Morgan fingerprint density at radius 2 is 2.21 bits per heavy atom. The van der Waals surface area contributed by atoms with E-state index >= 15 is 0 Å². The number of hydrogen-bond acceptors (Lipinski definition) is 4. The van der Waals surface area contributed by atoms with Crippen LogP contribution in [0.15, 0.2) is 33.4 Å². The standard InChI is InChI=1S/C14H17BrN2O2/c1-9(2)16-7-12-8-18-14(17-12)19-13-6-11(15)5-4-10(13)3/h4-6,8-9,16H,7H2,1-3H3. The Morgan fingerprint density at radius 1 is 1.42 bits per heavy atom. The van der Waals surface area contributed by atoms with Crippen molar-refractivity contribution >= 4 is 15.9 Å². The summed E-state index contributed by atoms with van der Waals surface area (Å²) in [7, 11) is 0. The van der Waals surface area contributed by atoms with Crippen LogP contribution >= 0.6 is 15.9 Å². The lowest BCUT2D eigenvalue weighted by Gasteiger charge is -2.05. The summed E-state index contributed by atoms with van der Waals surface area (Å²) in [6.45, 7) is 6.82. The van der Waals surface area contributed by atoms with Gasteiger partial charge < -0.3 is 14.5 Å². The lowest BCUT2D eigenvalue weighted by Crippen LogP contribution is -2.21. The molecule has 19 heavy (non-hydrogen) atoms. The van der Waals surface area contributed by atoms with E-state index in [2.05, 4.69) is 40.1 Å². The van der Waals surface area contributed by atoms with Crippen LogP contribution in [0, 0.1) is 6.92 Å². The fourth-order valence-corrected chi connectivity index (χ4v) is 1.84. The van der Waals surface area contributed by atoms with Gasteiger partial charge in [-0.15, -0.1) is 0 Å². The smallest absolute Gasteiger partial charge is 0.399 e. The van der Waals surface area contributed by atoms with Crippen molar-refractivity contribution in [3.63, 3.8) is 0 Å². The Hall–Kier alpha value is -1.33. The highest BCUT2D eigenvalue weighted by Gasteiger charge is 2.09. The second-order valence-corrected chi connectivity index (χ2v) is 5.57. The molecule has 102 valence electrons.